The van der Waals surface area contributed by atoms with Crippen LogP contribution >= 0.6 is 0 Å². The monoisotopic (exact) mass is 236 g/mol. The van der Waals surface area contributed by atoms with Gasteiger partial charge in [0.25, 0.3) is 0 Å². The third-order valence-electron chi connectivity index (χ3n) is 2.35. The Hall–Kier alpha value is -1.55. The summed E-state index contributed by atoms with van der Waals surface area (Å²) in [5.74, 6) is -0.0700. The number of amides is 1. The zero-order valence-corrected chi connectivity index (χ0v) is 10.2. The normalized spacial score (nSPS) is 10.2. The van der Waals surface area contributed by atoms with Crippen molar-refractivity contribution in [2.24, 2.45) is 0 Å². The molecule has 0 spiro atoms. The number of nitrogens with two attached hydrogens (primary N) is 1. The summed E-state index contributed by atoms with van der Waals surface area (Å²) in [6, 6.07) is 7.21. The lowest BCUT2D eigenvalue weighted by Crippen LogP contribution is -2.15. The lowest BCUT2D eigenvalue weighted by Gasteiger charge is -2.07. The fraction of sp³-hybridized carbons (Fsp3) is 0.462. The predicted octanol–water partition coefficient (Wildman–Crippen LogP) is 2.41. The number of para-hydroxylation sites is 2. The third kappa shape index (κ3) is 5.36. The van der Waals surface area contributed by atoms with E-state index in [1.807, 2.05) is 12.1 Å². The molecule has 1 amide bonds. The molecule has 0 bridgehead atoms. The largest absolute Gasteiger partial charge is 0.397 e. The number of rotatable bonds is 7. The average molecular weight is 236 g/mol. The number of carbonyl (C=O) groups is 1. The Morgan fingerprint density at radius 2 is 2.12 bits per heavy atom. The van der Waals surface area contributed by atoms with E-state index in [0.29, 0.717) is 24.4 Å². The summed E-state index contributed by atoms with van der Waals surface area (Å²) in [6.45, 7) is 3.28. The van der Waals surface area contributed by atoms with Crippen molar-refractivity contribution >= 4 is 17.3 Å². The Balaban J connectivity index is 2.23. The van der Waals surface area contributed by atoms with Gasteiger partial charge in [-0.1, -0.05) is 25.5 Å². The van der Waals surface area contributed by atoms with E-state index in [0.717, 1.165) is 19.4 Å². The molecule has 0 aliphatic heterocycles. The highest BCUT2D eigenvalue weighted by molar-refractivity contribution is 5.93. The molecule has 0 saturated heterocycles. The third-order valence-corrected chi connectivity index (χ3v) is 2.35. The van der Waals surface area contributed by atoms with Gasteiger partial charge in [-0.25, -0.2) is 0 Å². The summed E-state index contributed by atoms with van der Waals surface area (Å²) in [5, 5.41) is 2.76. The van der Waals surface area contributed by atoms with Gasteiger partial charge in [0.05, 0.1) is 24.4 Å². The molecule has 17 heavy (non-hydrogen) atoms. The quantitative estimate of drug-likeness (QED) is 0.564. The lowest BCUT2D eigenvalue weighted by molar-refractivity contribution is -0.117. The zero-order chi connectivity index (χ0) is 12.5. The van der Waals surface area contributed by atoms with Crippen molar-refractivity contribution in [1.82, 2.24) is 0 Å². The van der Waals surface area contributed by atoms with E-state index in [4.69, 9.17) is 10.5 Å². The Morgan fingerprint density at radius 3 is 2.82 bits per heavy atom. The molecule has 3 N–H and O–H groups in total. The summed E-state index contributed by atoms with van der Waals surface area (Å²) in [7, 11) is 0. The van der Waals surface area contributed by atoms with Crippen molar-refractivity contribution in [2.75, 3.05) is 24.3 Å². The van der Waals surface area contributed by atoms with Gasteiger partial charge in [0, 0.05) is 6.61 Å². The van der Waals surface area contributed by atoms with Crippen molar-refractivity contribution < 1.29 is 9.53 Å². The van der Waals surface area contributed by atoms with Gasteiger partial charge in [-0.15, -0.1) is 0 Å². The first-order chi connectivity index (χ1) is 8.24. The summed E-state index contributed by atoms with van der Waals surface area (Å²) in [4.78, 5) is 11.6. The number of nitrogens with one attached hydrogen (secondary N) is 1. The maximum absolute atomic E-state index is 11.6. The van der Waals surface area contributed by atoms with Crippen LogP contribution < -0.4 is 11.1 Å². The van der Waals surface area contributed by atoms with E-state index in [9.17, 15) is 4.79 Å². The molecule has 0 saturated carbocycles. The maximum Gasteiger partial charge on any atom is 0.226 e. The molecule has 0 aliphatic carbocycles. The van der Waals surface area contributed by atoms with Gasteiger partial charge in [0.15, 0.2) is 0 Å². The molecule has 1 aromatic rings. The molecule has 1 aromatic carbocycles. The molecule has 0 atom stereocenters. The van der Waals surface area contributed by atoms with Crippen LogP contribution in [0.15, 0.2) is 24.3 Å². The smallest absolute Gasteiger partial charge is 0.226 e. The molecular formula is C13H20N2O2. The molecule has 0 fully saturated rings. The van der Waals surface area contributed by atoms with Crippen LogP contribution in [-0.4, -0.2) is 19.1 Å². The first-order valence-corrected chi connectivity index (χ1v) is 5.96. The molecule has 0 heterocycles. The van der Waals surface area contributed by atoms with Gasteiger partial charge in [-0.2, -0.15) is 0 Å². The van der Waals surface area contributed by atoms with E-state index in [2.05, 4.69) is 12.2 Å². The minimum absolute atomic E-state index is 0.0700. The zero-order valence-electron chi connectivity index (χ0n) is 10.2. The van der Waals surface area contributed by atoms with Crippen LogP contribution in [0.3, 0.4) is 0 Å². The van der Waals surface area contributed by atoms with Gasteiger partial charge in [-0.3, -0.25) is 4.79 Å². The van der Waals surface area contributed by atoms with Crippen molar-refractivity contribution in [3.63, 3.8) is 0 Å². The minimum Gasteiger partial charge on any atom is -0.397 e. The van der Waals surface area contributed by atoms with Gasteiger partial charge in [-0.05, 0) is 18.6 Å². The first-order valence-electron chi connectivity index (χ1n) is 5.96. The number of ether oxygens (including phenoxy) is 1. The second-order valence-electron chi connectivity index (χ2n) is 3.85. The second-order valence-corrected chi connectivity index (χ2v) is 3.85. The Kier molecular flexibility index (Phi) is 6.10. The number of hydrogen-bond donors (Lipinski definition) is 2. The number of anilines is 2. The second kappa shape index (κ2) is 7.68. The molecule has 4 heteroatoms. The van der Waals surface area contributed by atoms with Crippen LogP contribution in [0.25, 0.3) is 0 Å². The molecule has 1 rings (SSSR count). The Bertz CT molecular complexity index is 353. The highest BCUT2D eigenvalue weighted by Gasteiger charge is 2.04. The number of nitrogen functional groups attached to an aromatic ring is 1. The van der Waals surface area contributed by atoms with Gasteiger partial charge >= 0.3 is 0 Å². The number of carbonyl (C=O) groups excluding carboxylic acids is 1. The number of benzene rings is 1. The molecule has 0 aromatic heterocycles. The lowest BCUT2D eigenvalue weighted by atomic mass is 10.2. The summed E-state index contributed by atoms with van der Waals surface area (Å²) < 4.78 is 5.32. The summed E-state index contributed by atoms with van der Waals surface area (Å²) >= 11 is 0. The predicted molar refractivity (Wildman–Crippen MR) is 69.8 cm³/mol. The number of unbranched alkanes of at least 4 members (excludes halogenated alkanes) is 1. The Morgan fingerprint density at radius 1 is 1.35 bits per heavy atom. The highest BCUT2D eigenvalue weighted by atomic mass is 16.5. The van der Waals surface area contributed by atoms with E-state index in [1.54, 1.807) is 12.1 Å². The maximum atomic E-state index is 11.6. The minimum atomic E-state index is -0.0700. The molecule has 94 valence electrons. The van der Waals surface area contributed by atoms with Crippen LogP contribution in [0.4, 0.5) is 11.4 Å². The van der Waals surface area contributed by atoms with E-state index < -0.39 is 0 Å². The SMILES string of the molecule is CCCCOCCC(=O)Nc1ccccc1N. The number of hydrogen-bond acceptors (Lipinski definition) is 3. The summed E-state index contributed by atoms with van der Waals surface area (Å²) in [5.41, 5.74) is 6.95. The fourth-order valence-corrected chi connectivity index (χ4v) is 1.34. The molecular weight excluding hydrogens is 216 g/mol. The topological polar surface area (TPSA) is 64.3 Å². The Labute approximate surface area is 102 Å². The first kappa shape index (κ1) is 13.5. The van der Waals surface area contributed by atoms with Gasteiger partial charge in [0.2, 0.25) is 5.91 Å². The van der Waals surface area contributed by atoms with Crippen molar-refractivity contribution in [2.45, 2.75) is 26.2 Å². The van der Waals surface area contributed by atoms with Crippen LogP contribution in [0.2, 0.25) is 0 Å². The standard InChI is InChI=1S/C13H20N2O2/c1-2-3-9-17-10-8-13(16)15-12-7-5-4-6-11(12)14/h4-7H,2-3,8-10,14H2,1H3,(H,15,16). The van der Waals surface area contributed by atoms with Crippen molar-refractivity contribution in [1.29, 1.82) is 0 Å². The summed E-state index contributed by atoms with van der Waals surface area (Å²) in [6.07, 6.45) is 2.50. The van der Waals surface area contributed by atoms with E-state index >= 15 is 0 Å². The highest BCUT2D eigenvalue weighted by Crippen LogP contribution is 2.16. The van der Waals surface area contributed by atoms with Crippen molar-refractivity contribution in [3.8, 4) is 0 Å². The molecule has 4 nitrogen and oxygen atoms in total. The van der Waals surface area contributed by atoms with Crippen LogP contribution in [0, 0.1) is 0 Å². The van der Waals surface area contributed by atoms with Gasteiger partial charge < -0.3 is 15.8 Å². The van der Waals surface area contributed by atoms with Crippen LogP contribution in [-0.2, 0) is 9.53 Å². The molecule has 0 radical (unpaired) electrons. The van der Waals surface area contributed by atoms with E-state index in [1.165, 1.54) is 0 Å². The van der Waals surface area contributed by atoms with E-state index in [-0.39, 0.29) is 5.91 Å². The molecule has 0 unspecified atom stereocenters. The van der Waals surface area contributed by atoms with Crippen LogP contribution in [0.1, 0.15) is 26.2 Å². The average Bonchev–Trinajstić information content (AvgIpc) is 2.32. The fourth-order valence-electron chi connectivity index (χ4n) is 1.34. The molecule has 0 aliphatic rings. The van der Waals surface area contributed by atoms with Crippen molar-refractivity contribution in [3.05, 3.63) is 24.3 Å². The van der Waals surface area contributed by atoms with Gasteiger partial charge in [0.1, 0.15) is 0 Å². The van der Waals surface area contributed by atoms with Crippen LogP contribution in [0.5, 0.6) is 0 Å².